The third-order valence-electron chi connectivity index (χ3n) is 3.82. The highest BCUT2D eigenvalue weighted by Crippen LogP contribution is 2.41. The lowest BCUT2D eigenvalue weighted by molar-refractivity contribution is 0.0146. The molecule has 106 valence electrons. The molecular formula is C13H25ClN2O2. The van der Waals surface area contributed by atoms with E-state index in [1.54, 1.807) is 0 Å². The second-order valence-corrected chi connectivity index (χ2v) is 6.27. The molecule has 2 N–H and O–H groups in total. The van der Waals surface area contributed by atoms with Crippen molar-refractivity contribution >= 4 is 18.5 Å². The van der Waals surface area contributed by atoms with Crippen molar-refractivity contribution in [3.05, 3.63) is 0 Å². The minimum atomic E-state index is -0.424. The Hall–Kier alpha value is -0.480. The lowest BCUT2D eigenvalue weighted by atomic mass is 10.0. The Balaban J connectivity index is 0.00000162. The first kappa shape index (κ1) is 15.6. The zero-order valence-electron chi connectivity index (χ0n) is 11.5. The molecular weight excluding hydrogens is 252 g/mol. The van der Waals surface area contributed by atoms with Crippen LogP contribution in [-0.2, 0) is 4.74 Å². The fourth-order valence-electron chi connectivity index (χ4n) is 3.20. The highest BCUT2D eigenvalue weighted by atomic mass is 35.5. The molecule has 1 aliphatic carbocycles. The fourth-order valence-corrected chi connectivity index (χ4v) is 3.20. The van der Waals surface area contributed by atoms with Crippen molar-refractivity contribution < 1.29 is 9.53 Å². The van der Waals surface area contributed by atoms with E-state index in [2.05, 4.69) is 0 Å². The van der Waals surface area contributed by atoms with Crippen molar-refractivity contribution in [3.63, 3.8) is 0 Å². The number of likely N-dealkylation sites (tertiary alicyclic amines) is 1. The first-order chi connectivity index (χ1) is 7.92. The van der Waals surface area contributed by atoms with Crippen LogP contribution in [0.15, 0.2) is 0 Å². The Morgan fingerprint density at radius 2 is 2.06 bits per heavy atom. The minimum Gasteiger partial charge on any atom is -0.444 e. The topological polar surface area (TPSA) is 55.6 Å². The Morgan fingerprint density at radius 3 is 2.61 bits per heavy atom. The van der Waals surface area contributed by atoms with Gasteiger partial charge in [0.25, 0.3) is 0 Å². The molecule has 1 saturated heterocycles. The average molecular weight is 277 g/mol. The maximum atomic E-state index is 12.2. The van der Waals surface area contributed by atoms with E-state index < -0.39 is 5.60 Å². The number of nitrogens with zero attached hydrogens (tertiary/aromatic N) is 1. The van der Waals surface area contributed by atoms with Crippen LogP contribution in [0.25, 0.3) is 0 Å². The summed E-state index contributed by atoms with van der Waals surface area (Å²) in [6.07, 6.45) is 4.45. The molecule has 1 aliphatic heterocycles. The third-order valence-corrected chi connectivity index (χ3v) is 3.82. The number of hydrogen-bond donors (Lipinski definition) is 1. The highest BCUT2D eigenvalue weighted by Gasteiger charge is 2.46. The molecule has 1 amide bonds. The van der Waals surface area contributed by atoms with Gasteiger partial charge in [0.05, 0.1) is 0 Å². The zero-order valence-corrected chi connectivity index (χ0v) is 12.3. The van der Waals surface area contributed by atoms with E-state index in [0.29, 0.717) is 18.5 Å². The van der Waals surface area contributed by atoms with E-state index in [9.17, 15) is 4.79 Å². The SMILES string of the molecule is CC(C)(C)OC(=O)N1[C@H](CN)C[C@@H]2CCC[C@@H]21.Cl. The Kier molecular flexibility index (Phi) is 4.90. The number of rotatable bonds is 1. The molecule has 0 spiro atoms. The van der Waals surface area contributed by atoms with Crippen LogP contribution in [0.2, 0.25) is 0 Å². The van der Waals surface area contributed by atoms with Gasteiger partial charge in [-0.2, -0.15) is 0 Å². The number of nitrogens with two attached hydrogens (primary N) is 1. The van der Waals surface area contributed by atoms with Crippen LogP contribution in [0.4, 0.5) is 4.79 Å². The highest BCUT2D eigenvalue weighted by molar-refractivity contribution is 5.85. The lowest BCUT2D eigenvalue weighted by Gasteiger charge is -2.31. The predicted molar refractivity (Wildman–Crippen MR) is 73.9 cm³/mol. The van der Waals surface area contributed by atoms with Crippen LogP contribution in [0.1, 0.15) is 46.5 Å². The van der Waals surface area contributed by atoms with Crippen molar-refractivity contribution in [1.29, 1.82) is 0 Å². The van der Waals surface area contributed by atoms with Crippen LogP contribution >= 0.6 is 12.4 Å². The number of hydrogen-bond acceptors (Lipinski definition) is 3. The summed E-state index contributed by atoms with van der Waals surface area (Å²) in [5, 5.41) is 0. The van der Waals surface area contributed by atoms with Gasteiger partial charge in [-0.3, -0.25) is 0 Å². The summed E-state index contributed by atoms with van der Waals surface area (Å²) in [4.78, 5) is 14.1. The summed E-state index contributed by atoms with van der Waals surface area (Å²) >= 11 is 0. The molecule has 2 rings (SSSR count). The van der Waals surface area contributed by atoms with E-state index in [1.807, 2.05) is 25.7 Å². The number of amides is 1. The van der Waals surface area contributed by atoms with E-state index in [4.69, 9.17) is 10.5 Å². The van der Waals surface area contributed by atoms with Gasteiger partial charge in [-0.15, -0.1) is 12.4 Å². The molecule has 0 bridgehead atoms. The summed E-state index contributed by atoms with van der Waals surface area (Å²) in [5.74, 6) is 0.649. The van der Waals surface area contributed by atoms with Crippen molar-refractivity contribution in [2.24, 2.45) is 11.7 Å². The number of halogens is 1. The second kappa shape index (κ2) is 5.66. The molecule has 1 heterocycles. The van der Waals surface area contributed by atoms with Crippen LogP contribution in [0.5, 0.6) is 0 Å². The third kappa shape index (κ3) is 3.09. The van der Waals surface area contributed by atoms with Crippen molar-refractivity contribution in [2.75, 3.05) is 6.54 Å². The van der Waals surface area contributed by atoms with E-state index in [0.717, 1.165) is 12.8 Å². The molecule has 0 radical (unpaired) electrons. The molecule has 0 unspecified atom stereocenters. The van der Waals surface area contributed by atoms with Crippen LogP contribution in [0, 0.1) is 5.92 Å². The van der Waals surface area contributed by atoms with Crippen LogP contribution in [0.3, 0.4) is 0 Å². The van der Waals surface area contributed by atoms with Gasteiger partial charge >= 0.3 is 6.09 Å². The number of carbonyl (C=O) groups excluding carboxylic acids is 1. The predicted octanol–water partition coefficient (Wildman–Crippen LogP) is 2.55. The van der Waals surface area contributed by atoms with Crippen molar-refractivity contribution in [2.45, 2.75) is 64.1 Å². The molecule has 18 heavy (non-hydrogen) atoms. The van der Waals surface area contributed by atoms with E-state index in [1.165, 1.54) is 12.8 Å². The maximum absolute atomic E-state index is 12.2. The number of carbonyl (C=O) groups is 1. The van der Waals surface area contributed by atoms with Gasteiger partial charge in [0.1, 0.15) is 5.60 Å². The van der Waals surface area contributed by atoms with Crippen LogP contribution in [-0.4, -0.2) is 35.2 Å². The fraction of sp³-hybridized carbons (Fsp3) is 0.923. The molecule has 0 aromatic rings. The largest absolute Gasteiger partial charge is 0.444 e. The second-order valence-electron chi connectivity index (χ2n) is 6.27. The molecule has 2 aliphatic rings. The normalized spacial score (nSPS) is 30.9. The maximum Gasteiger partial charge on any atom is 0.410 e. The lowest BCUT2D eigenvalue weighted by Crippen LogP contribution is -2.46. The first-order valence-electron chi connectivity index (χ1n) is 6.64. The van der Waals surface area contributed by atoms with Gasteiger partial charge in [0.2, 0.25) is 0 Å². The summed E-state index contributed by atoms with van der Waals surface area (Å²) in [6.45, 7) is 6.27. The average Bonchev–Trinajstić information content (AvgIpc) is 2.71. The van der Waals surface area contributed by atoms with Gasteiger partial charge in [0.15, 0.2) is 0 Å². The van der Waals surface area contributed by atoms with Gasteiger partial charge < -0.3 is 15.4 Å². The molecule has 2 fully saturated rings. The molecule has 4 nitrogen and oxygen atoms in total. The van der Waals surface area contributed by atoms with Crippen molar-refractivity contribution in [3.8, 4) is 0 Å². The van der Waals surface area contributed by atoms with E-state index in [-0.39, 0.29) is 24.5 Å². The summed E-state index contributed by atoms with van der Waals surface area (Å²) in [7, 11) is 0. The van der Waals surface area contributed by atoms with Crippen molar-refractivity contribution in [1.82, 2.24) is 4.90 Å². The van der Waals surface area contributed by atoms with Gasteiger partial charge in [-0.1, -0.05) is 6.42 Å². The van der Waals surface area contributed by atoms with E-state index >= 15 is 0 Å². The number of ether oxygens (including phenoxy) is 1. The monoisotopic (exact) mass is 276 g/mol. The standard InChI is InChI=1S/C13H24N2O2.ClH/c1-13(2,3)17-12(16)15-10(8-14)7-9-5-4-6-11(9)15;/h9-11H,4-8,14H2,1-3H3;1H/t9-,10-,11-;/m0./s1. The van der Waals surface area contributed by atoms with Crippen LogP contribution < -0.4 is 5.73 Å². The smallest absolute Gasteiger partial charge is 0.410 e. The quantitative estimate of drug-likeness (QED) is 0.801. The Morgan fingerprint density at radius 1 is 1.39 bits per heavy atom. The van der Waals surface area contributed by atoms with Gasteiger partial charge in [-0.05, 0) is 46.0 Å². The Bertz CT molecular complexity index is 304. The molecule has 0 aromatic heterocycles. The summed E-state index contributed by atoms with van der Waals surface area (Å²) in [6, 6.07) is 0.554. The number of fused-ring (bicyclic) bond motifs is 1. The molecule has 5 heteroatoms. The summed E-state index contributed by atoms with van der Waals surface area (Å²) in [5.41, 5.74) is 5.36. The van der Waals surface area contributed by atoms with Gasteiger partial charge in [-0.25, -0.2) is 4.79 Å². The zero-order chi connectivity index (χ0) is 12.6. The Labute approximate surface area is 116 Å². The first-order valence-corrected chi connectivity index (χ1v) is 6.64. The molecule has 0 aromatic carbocycles. The molecule has 3 atom stereocenters. The summed E-state index contributed by atoms with van der Waals surface area (Å²) < 4.78 is 5.49. The molecule has 1 saturated carbocycles. The minimum absolute atomic E-state index is 0. The van der Waals surface area contributed by atoms with Gasteiger partial charge in [0, 0.05) is 18.6 Å².